The standard InChI is InChI=1S/C5H5FN2O2/c1-5(6)2-7-4(10)8-3(5)9/h2H,1H3,(H,8,9,10)/t5-/m0/s1. The van der Waals surface area contributed by atoms with Gasteiger partial charge in [-0.05, 0) is 6.92 Å². The van der Waals surface area contributed by atoms with Gasteiger partial charge < -0.3 is 0 Å². The fourth-order valence-corrected chi connectivity index (χ4v) is 0.490. The molecule has 0 aliphatic carbocycles. The van der Waals surface area contributed by atoms with E-state index in [1.165, 1.54) is 0 Å². The molecule has 0 saturated heterocycles. The summed E-state index contributed by atoms with van der Waals surface area (Å²) in [5, 5.41) is 1.72. The molecule has 0 spiro atoms. The second kappa shape index (κ2) is 1.86. The van der Waals surface area contributed by atoms with Crippen LogP contribution in [-0.2, 0) is 4.79 Å². The average molecular weight is 144 g/mol. The van der Waals surface area contributed by atoms with Crippen LogP contribution in [0.5, 0.6) is 0 Å². The number of nitrogens with zero attached hydrogens (tertiary/aromatic N) is 1. The molecule has 1 rings (SSSR count). The molecule has 0 saturated carbocycles. The second-order valence-corrected chi connectivity index (χ2v) is 2.09. The Bertz CT molecular complexity index is 222. The minimum Gasteiger partial charge on any atom is -0.273 e. The number of amides is 3. The molecule has 0 aromatic carbocycles. The van der Waals surface area contributed by atoms with E-state index >= 15 is 0 Å². The topological polar surface area (TPSA) is 58.5 Å². The fraction of sp³-hybridized carbons (Fsp3) is 0.400. The lowest BCUT2D eigenvalue weighted by Crippen LogP contribution is -2.48. The zero-order valence-electron chi connectivity index (χ0n) is 5.22. The molecule has 0 aromatic rings. The van der Waals surface area contributed by atoms with Crippen molar-refractivity contribution < 1.29 is 14.0 Å². The average Bonchev–Trinajstić information content (AvgIpc) is 1.81. The molecule has 10 heavy (non-hydrogen) atoms. The summed E-state index contributed by atoms with van der Waals surface area (Å²) in [5.74, 6) is -0.965. The summed E-state index contributed by atoms with van der Waals surface area (Å²) in [4.78, 5) is 23.9. The number of carbonyl (C=O) groups is 2. The molecule has 5 heteroatoms. The van der Waals surface area contributed by atoms with E-state index in [1.807, 2.05) is 0 Å². The summed E-state index contributed by atoms with van der Waals surface area (Å²) >= 11 is 0. The third kappa shape index (κ3) is 1.02. The first-order valence-electron chi connectivity index (χ1n) is 2.62. The molecule has 1 N–H and O–H groups in total. The van der Waals surface area contributed by atoms with E-state index in [4.69, 9.17) is 0 Å². The van der Waals surface area contributed by atoms with Crippen LogP contribution in [0.4, 0.5) is 9.18 Å². The number of halogens is 1. The van der Waals surface area contributed by atoms with Crippen molar-refractivity contribution in [2.24, 2.45) is 4.99 Å². The van der Waals surface area contributed by atoms with Crippen molar-refractivity contribution in [1.29, 1.82) is 0 Å². The summed E-state index contributed by atoms with van der Waals surface area (Å²) < 4.78 is 12.7. The number of hydrogen-bond acceptors (Lipinski definition) is 2. The molecule has 0 bridgehead atoms. The third-order valence-electron chi connectivity index (χ3n) is 1.09. The van der Waals surface area contributed by atoms with Crippen molar-refractivity contribution in [3.63, 3.8) is 0 Å². The summed E-state index contributed by atoms with van der Waals surface area (Å²) in [6.07, 6.45) is 0.689. The fourth-order valence-electron chi connectivity index (χ4n) is 0.490. The van der Waals surface area contributed by atoms with Crippen molar-refractivity contribution >= 4 is 18.2 Å². The first kappa shape index (κ1) is 6.85. The van der Waals surface area contributed by atoms with Crippen LogP contribution in [0.3, 0.4) is 0 Å². The Labute approximate surface area is 56.1 Å². The SMILES string of the molecule is C[C@]1(F)C=NC(=O)NC1=O. The normalized spacial score (nSPS) is 32.2. The summed E-state index contributed by atoms with van der Waals surface area (Å²) in [5.41, 5.74) is -2.14. The molecule has 1 atom stereocenters. The van der Waals surface area contributed by atoms with Gasteiger partial charge in [0.15, 0.2) is 0 Å². The van der Waals surface area contributed by atoms with Gasteiger partial charge in [0.25, 0.3) is 5.91 Å². The van der Waals surface area contributed by atoms with E-state index in [1.54, 1.807) is 5.32 Å². The Kier molecular flexibility index (Phi) is 1.28. The molecule has 0 aromatic heterocycles. The van der Waals surface area contributed by atoms with E-state index in [-0.39, 0.29) is 0 Å². The van der Waals surface area contributed by atoms with Crippen LogP contribution in [0.2, 0.25) is 0 Å². The van der Waals surface area contributed by atoms with Gasteiger partial charge in [0.1, 0.15) is 0 Å². The van der Waals surface area contributed by atoms with Crippen LogP contribution in [0.1, 0.15) is 6.92 Å². The smallest absolute Gasteiger partial charge is 0.273 e. The Morgan fingerprint density at radius 1 is 1.70 bits per heavy atom. The molecule has 4 nitrogen and oxygen atoms in total. The van der Waals surface area contributed by atoms with Crippen molar-refractivity contribution in [3.8, 4) is 0 Å². The highest BCUT2D eigenvalue weighted by atomic mass is 19.1. The Morgan fingerprint density at radius 2 is 2.30 bits per heavy atom. The number of hydrogen-bond donors (Lipinski definition) is 1. The van der Waals surface area contributed by atoms with Gasteiger partial charge in [0.05, 0.1) is 6.21 Å². The van der Waals surface area contributed by atoms with Crippen molar-refractivity contribution in [1.82, 2.24) is 5.32 Å². The number of carbonyl (C=O) groups excluding carboxylic acids is 2. The zero-order chi connectivity index (χ0) is 7.78. The maximum absolute atomic E-state index is 12.7. The van der Waals surface area contributed by atoms with Gasteiger partial charge >= 0.3 is 6.03 Å². The van der Waals surface area contributed by atoms with E-state index < -0.39 is 17.6 Å². The molecule has 1 aliphatic heterocycles. The zero-order valence-corrected chi connectivity index (χ0v) is 5.22. The van der Waals surface area contributed by atoms with Crippen LogP contribution in [0.15, 0.2) is 4.99 Å². The highest BCUT2D eigenvalue weighted by Gasteiger charge is 2.35. The monoisotopic (exact) mass is 144 g/mol. The number of rotatable bonds is 0. The van der Waals surface area contributed by atoms with E-state index in [9.17, 15) is 14.0 Å². The van der Waals surface area contributed by atoms with Gasteiger partial charge in [-0.25, -0.2) is 14.2 Å². The van der Waals surface area contributed by atoms with Crippen LogP contribution in [0, 0.1) is 0 Å². The molecule has 0 radical (unpaired) electrons. The summed E-state index contributed by atoms with van der Waals surface area (Å²) in [6, 6.07) is -0.819. The maximum atomic E-state index is 12.7. The lowest BCUT2D eigenvalue weighted by Gasteiger charge is -2.16. The van der Waals surface area contributed by atoms with Gasteiger partial charge in [0, 0.05) is 0 Å². The minimum absolute atomic E-state index is 0.689. The van der Waals surface area contributed by atoms with E-state index in [2.05, 4.69) is 4.99 Å². The lowest BCUT2D eigenvalue weighted by molar-refractivity contribution is -0.126. The van der Waals surface area contributed by atoms with Crippen LogP contribution >= 0.6 is 0 Å². The second-order valence-electron chi connectivity index (χ2n) is 2.09. The van der Waals surface area contributed by atoms with E-state index in [0.717, 1.165) is 6.92 Å². The predicted octanol–water partition coefficient (Wildman–Crippen LogP) is 0.0352. The molecule has 54 valence electrons. The van der Waals surface area contributed by atoms with E-state index in [0.29, 0.717) is 6.21 Å². The highest BCUT2D eigenvalue weighted by molar-refractivity contribution is 6.14. The summed E-state index contributed by atoms with van der Waals surface area (Å²) in [7, 11) is 0. The predicted molar refractivity (Wildman–Crippen MR) is 31.5 cm³/mol. The Morgan fingerprint density at radius 3 is 2.70 bits per heavy atom. The maximum Gasteiger partial charge on any atom is 0.347 e. The molecule has 1 aliphatic rings. The molecule has 0 fully saturated rings. The molecule has 1 heterocycles. The largest absolute Gasteiger partial charge is 0.347 e. The van der Waals surface area contributed by atoms with Crippen molar-refractivity contribution in [3.05, 3.63) is 0 Å². The quantitative estimate of drug-likeness (QED) is 0.521. The Hall–Kier alpha value is -1.26. The van der Waals surface area contributed by atoms with Crippen molar-refractivity contribution in [2.45, 2.75) is 12.6 Å². The Balaban J connectivity index is 2.93. The van der Waals surface area contributed by atoms with Gasteiger partial charge in [-0.1, -0.05) is 0 Å². The van der Waals surface area contributed by atoms with Crippen LogP contribution < -0.4 is 5.32 Å². The minimum atomic E-state index is -2.14. The number of imide groups is 1. The number of nitrogens with one attached hydrogen (secondary N) is 1. The van der Waals surface area contributed by atoms with Crippen LogP contribution in [0.25, 0.3) is 0 Å². The number of urea groups is 1. The van der Waals surface area contributed by atoms with Gasteiger partial charge in [-0.2, -0.15) is 0 Å². The van der Waals surface area contributed by atoms with Crippen LogP contribution in [-0.4, -0.2) is 23.8 Å². The van der Waals surface area contributed by atoms with Crippen molar-refractivity contribution in [2.75, 3.05) is 0 Å². The number of alkyl halides is 1. The van der Waals surface area contributed by atoms with Gasteiger partial charge in [-0.3, -0.25) is 10.1 Å². The number of aliphatic imine (C=N–C) groups is 1. The van der Waals surface area contributed by atoms with Gasteiger partial charge in [-0.15, -0.1) is 0 Å². The highest BCUT2D eigenvalue weighted by Crippen LogP contribution is 2.09. The molecular formula is C5H5FN2O2. The van der Waals surface area contributed by atoms with Gasteiger partial charge in [0.2, 0.25) is 5.67 Å². The first-order valence-corrected chi connectivity index (χ1v) is 2.62. The lowest BCUT2D eigenvalue weighted by atomic mass is 10.1. The first-order chi connectivity index (χ1) is 4.52. The molecule has 0 unspecified atom stereocenters. The summed E-state index contributed by atoms with van der Waals surface area (Å²) in [6.45, 7) is 1.03. The third-order valence-corrected chi connectivity index (χ3v) is 1.09. The molecule has 3 amide bonds. The molecular weight excluding hydrogens is 139 g/mol.